The maximum absolute atomic E-state index is 6.35. The first kappa shape index (κ1) is 14.2. The first-order valence-electron chi connectivity index (χ1n) is 6.91. The van der Waals surface area contributed by atoms with E-state index in [9.17, 15) is 0 Å². The zero-order chi connectivity index (χ0) is 13.7. The third kappa shape index (κ3) is 3.22. The van der Waals surface area contributed by atoms with Crippen LogP contribution in [0.4, 0.5) is 0 Å². The third-order valence-electron chi connectivity index (χ3n) is 3.94. The van der Waals surface area contributed by atoms with Crippen LogP contribution in [0, 0.1) is 5.92 Å². The van der Waals surface area contributed by atoms with Crippen molar-refractivity contribution in [3.05, 3.63) is 18.1 Å². The van der Waals surface area contributed by atoms with E-state index in [0.717, 1.165) is 0 Å². The van der Waals surface area contributed by atoms with Gasteiger partial charge in [0.05, 0.1) is 19.3 Å². The Balaban J connectivity index is 2.17. The number of nitrogens with two attached hydrogens (primary N) is 1. The average molecular weight is 265 g/mol. The highest BCUT2D eigenvalue weighted by atomic mass is 16.5. The SMILES string of the molecule is COc1nccnc1C(N)C(OC)C1CCCCC1. The summed E-state index contributed by atoms with van der Waals surface area (Å²) >= 11 is 0. The molecule has 1 aromatic heterocycles. The summed E-state index contributed by atoms with van der Waals surface area (Å²) in [4.78, 5) is 8.48. The Labute approximate surface area is 114 Å². The molecule has 0 radical (unpaired) electrons. The minimum Gasteiger partial charge on any atom is -0.480 e. The van der Waals surface area contributed by atoms with Gasteiger partial charge in [0.25, 0.3) is 0 Å². The molecule has 0 aromatic carbocycles. The van der Waals surface area contributed by atoms with E-state index in [0.29, 0.717) is 17.5 Å². The van der Waals surface area contributed by atoms with Crippen molar-refractivity contribution in [2.75, 3.05) is 14.2 Å². The number of aromatic nitrogens is 2. The van der Waals surface area contributed by atoms with Gasteiger partial charge in [0.2, 0.25) is 5.88 Å². The molecule has 2 rings (SSSR count). The molecular formula is C14H23N3O2. The Bertz CT molecular complexity index is 394. The maximum Gasteiger partial charge on any atom is 0.237 e. The molecule has 1 aliphatic carbocycles. The number of methoxy groups -OCH3 is 2. The second-order valence-corrected chi connectivity index (χ2v) is 5.08. The highest BCUT2D eigenvalue weighted by Crippen LogP contribution is 2.34. The molecular weight excluding hydrogens is 242 g/mol. The highest BCUT2D eigenvalue weighted by Gasteiger charge is 2.32. The summed E-state index contributed by atoms with van der Waals surface area (Å²) in [6.07, 6.45) is 9.41. The van der Waals surface area contributed by atoms with Gasteiger partial charge in [0, 0.05) is 19.5 Å². The van der Waals surface area contributed by atoms with Crippen molar-refractivity contribution in [1.29, 1.82) is 0 Å². The normalized spacial score (nSPS) is 19.9. The summed E-state index contributed by atoms with van der Waals surface area (Å²) in [7, 11) is 3.31. The molecule has 5 heteroatoms. The molecule has 106 valence electrons. The van der Waals surface area contributed by atoms with Crippen LogP contribution >= 0.6 is 0 Å². The van der Waals surface area contributed by atoms with Gasteiger partial charge in [-0.15, -0.1) is 0 Å². The summed E-state index contributed by atoms with van der Waals surface area (Å²) in [6.45, 7) is 0. The van der Waals surface area contributed by atoms with E-state index < -0.39 is 0 Å². The molecule has 1 aliphatic rings. The van der Waals surface area contributed by atoms with Crippen molar-refractivity contribution in [3.63, 3.8) is 0 Å². The molecule has 2 unspecified atom stereocenters. The van der Waals surface area contributed by atoms with Gasteiger partial charge in [-0.2, -0.15) is 0 Å². The van der Waals surface area contributed by atoms with Crippen LogP contribution < -0.4 is 10.5 Å². The molecule has 1 aromatic rings. The van der Waals surface area contributed by atoms with Crippen LogP contribution in [0.15, 0.2) is 12.4 Å². The van der Waals surface area contributed by atoms with E-state index in [1.807, 2.05) is 0 Å². The van der Waals surface area contributed by atoms with E-state index in [1.165, 1.54) is 32.1 Å². The lowest BCUT2D eigenvalue weighted by molar-refractivity contribution is 0.0156. The molecule has 0 amide bonds. The summed E-state index contributed by atoms with van der Waals surface area (Å²) in [5.41, 5.74) is 7.03. The fourth-order valence-electron chi connectivity index (χ4n) is 2.97. The Morgan fingerprint density at radius 2 is 1.84 bits per heavy atom. The Morgan fingerprint density at radius 3 is 2.47 bits per heavy atom. The van der Waals surface area contributed by atoms with E-state index in [2.05, 4.69) is 9.97 Å². The maximum atomic E-state index is 6.35. The standard InChI is InChI=1S/C14H23N3O2/c1-18-13(10-6-4-3-5-7-10)11(15)12-14(19-2)17-9-8-16-12/h8-11,13H,3-7,15H2,1-2H3. The van der Waals surface area contributed by atoms with E-state index >= 15 is 0 Å². The molecule has 2 atom stereocenters. The molecule has 1 saturated carbocycles. The quantitative estimate of drug-likeness (QED) is 0.882. The predicted molar refractivity (Wildman–Crippen MR) is 72.9 cm³/mol. The number of nitrogens with zero attached hydrogens (tertiary/aromatic N) is 2. The lowest BCUT2D eigenvalue weighted by Gasteiger charge is -2.32. The van der Waals surface area contributed by atoms with Crippen molar-refractivity contribution < 1.29 is 9.47 Å². The van der Waals surface area contributed by atoms with E-state index in [4.69, 9.17) is 15.2 Å². The number of rotatable bonds is 5. The van der Waals surface area contributed by atoms with Crippen molar-refractivity contribution in [1.82, 2.24) is 9.97 Å². The van der Waals surface area contributed by atoms with Crippen LogP contribution in [0.5, 0.6) is 5.88 Å². The van der Waals surface area contributed by atoms with Gasteiger partial charge < -0.3 is 15.2 Å². The molecule has 0 saturated heterocycles. The average Bonchev–Trinajstić information content (AvgIpc) is 2.49. The topological polar surface area (TPSA) is 70.3 Å². The summed E-state index contributed by atoms with van der Waals surface area (Å²) in [5, 5.41) is 0. The van der Waals surface area contributed by atoms with Gasteiger partial charge in [0.15, 0.2) is 0 Å². The Morgan fingerprint density at radius 1 is 1.16 bits per heavy atom. The second-order valence-electron chi connectivity index (χ2n) is 5.08. The summed E-state index contributed by atoms with van der Waals surface area (Å²) < 4.78 is 10.9. The Hall–Kier alpha value is -1.20. The van der Waals surface area contributed by atoms with Gasteiger partial charge in [-0.25, -0.2) is 4.98 Å². The van der Waals surface area contributed by atoms with Gasteiger partial charge in [-0.1, -0.05) is 19.3 Å². The van der Waals surface area contributed by atoms with Gasteiger partial charge in [0.1, 0.15) is 5.69 Å². The number of hydrogen-bond donors (Lipinski definition) is 1. The first-order chi connectivity index (χ1) is 9.27. The molecule has 0 bridgehead atoms. The van der Waals surface area contributed by atoms with E-state index in [-0.39, 0.29) is 12.1 Å². The molecule has 0 spiro atoms. The summed E-state index contributed by atoms with van der Waals surface area (Å²) in [5.74, 6) is 0.994. The van der Waals surface area contributed by atoms with E-state index in [1.54, 1.807) is 26.6 Å². The second kappa shape index (κ2) is 6.82. The molecule has 5 nitrogen and oxygen atoms in total. The van der Waals surface area contributed by atoms with Crippen LogP contribution in [-0.4, -0.2) is 30.3 Å². The lowest BCUT2D eigenvalue weighted by Crippen LogP contribution is -2.36. The Kier molecular flexibility index (Phi) is 5.10. The van der Waals surface area contributed by atoms with Gasteiger partial charge >= 0.3 is 0 Å². The van der Waals surface area contributed by atoms with Crippen LogP contribution in [0.1, 0.15) is 43.8 Å². The minimum absolute atomic E-state index is 0.0223. The molecule has 0 aliphatic heterocycles. The van der Waals surface area contributed by atoms with Crippen LogP contribution in [-0.2, 0) is 4.74 Å². The summed E-state index contributed by atoms with van der Waals surface area (Å²) in [6, 6.07) is -0.295. The lowest BCUT2D eigenvalue weighted by atomic mass is 9.82. The smallest absolute Gasteiger partial charge is 0.237 e. The van der Waals surface area contributed by atoms with Crippen molar-refractivity contribution in [3.8, 4) is 5.88 Å². The molecule has 1 heterocycles. The van der Waals surface area contributed by atoms with Crippen LogP contribution in [0.25, 0.3) is 0 Å². The first-order valence-corrected chi connectivity index (χ1v) is 6.91. The van der Waals surface area contributed by atoms with Crippen molar-refractivity contribution in [2.24, 2.45) is 11.7 Å². The molecule has 19 heavy (non-hydrogen) atoms. The predicted octanol–water partition coefficient (Wildman–Crippen LogP) is 2.08. The fraction of sp³-hybridized carbons (Fsp3) is 0.714. The minimum atomic E-state index is -0.295. The number of ether oxygens (including phenoxy) is 2. The van der Waals surface area contributed by atoms with Crippen molar-refractivity contribution >= 4 is 0 Å². The van der Waals surface area contributed by atoms with Crippen LogP contribution in [0.3, 0.4) is 0 Å². The molecule has 1 fully saturated rings. The zero-order valence-corrected chi connectivity index (χ0v) is 11.7. The fourth-order valence-corrected chi connectivity index (χ4v) is 2.97. The van der Waals surface area contributed by atoms with Crippen LogP contribution in [0.2, 0.25) is 0 Å². The highest BCUT2D eigenvalue weighted by molar-refractivity contribution is 5.22. The monoisotopic (exact) mass is 265 g/mol. The zero-order valence-electron chi connectivity index (χ0n) is 11.7. The number of hydrogen-bond acceptors (Lipinski definition) is 5. The largest absolute Gasteiger partial charge is 0.480 e. The third-order valence-corrected chi connectivity index (χ3v) is 3.94. The molecule has 2 N–H and O–H groups in total. The van der Waals surface area contributed by atoms with Gasteiger partial charge in [-0.05, 0) is 18.8 Å². The van der Waals surface area contributed by atoms with Crippen molar-refractivity contribution in [2.45, 2.75) is 44.2 Å². The van der Waals surface area contributed by atoms with Gasteiger partial charge in [-0.3, -0.25) is 4.98 Å².